The molecule has 0 spiro atoms. The van der Waals surface area contributed by atoms with Crippen LogP contribution in [-0.2, 0) is 4.79 Å². The van der Waals surface area contributed by atoms with Crippen LogP contribution in [0, 0.1) is 5.82 Å². The molecule has 0 bridgehead atoms. The van der Waals surface area contributed by atoms with Crippen LogP contribution in [0.15, 0.2) is 60.9 Å². The fourth-order valence-electron chi connectivity index (χ4n) is 5.58. The molecule has 0 unspecified atom stereocenters. The molecule has 10 heteroatoms. The lowest BCUT2D eigenvalue weighted by Gasteiger charge is -2.43. The fourth-order valence-corrected chi connectivity index (χ4v) is 5.58. The Labute approximate surface area is 235 Å². The summed E-state index contributed by atoms with van der Waals surface area (Å²) in [5.41, 5.74) is 8.40. The lowest BCUT2D eigenvalue weighted by atomic mass is 10.0. The van der Waals surface area contributed by atoms with Crippen LogP contribution in [0.3, 0.4) is 0 Å². The average Bonchev–Trinajstić information content (AvgIpc) is 3.51. The molecule has 5 atom stereocenters. The van der Waals surface area contributed by atoms with Gasteiger partial charge in [0.25, 0.3) is 5.91 Å². The Bertz CT molecular complexity index is 1190. The minimum absolute atomic E-state index is 0.0233. The zero-order valence-electron chi connectivity index (χ0n) is 23.4. The van der Waals surface area contributed by atoms with E-state index in [1.807, 2.05) is 35.4 Å². The van der Waals surface area contributed by atoms with E-state index in [1.54, 1.807) is 23.3 Å². The second-order valence-corrected chi connectivity index (χ2v) is 11.2. The third kappa shape index (κ3) is 6.63. The number of carbonyl (C=O) groups is 2. The van der Waals surface area contributed by atoms with Crippen LogP contribution in [0.5, 0.6) is 0 Å². The number of anilines is 1. The molecule has 1 saturated carbocycles. The fraction of sp³-hybridized carbons (Fsp3) is 0.467. The Balaban J connectivity index is 1.19. The second kappa shape index (κ2) is 12.4. The van der Waals surface area contributed by atoms with E-state index >= 15 is 0 Å². The molecule has 3 aliphatic rings. The van der Waals surface area contributed by atoms with E-state index in [1.165, 1.54) is 12.1 Å². The van der Waals surface area contributed by atoms with Crippen molar-refractivity contribution in [2.24, 2.45) is 0 Å². The molecule has 2 aliphatic heterocycles. The van der Waals surface area contributed by atoms with Crippen molar-refractivity contribution in [2.45, 2.75) is 63.2 Å². The molecule has 2 aromatic rings. The van der Waals surface area contributed by atoms with Crippen molar-refractivity contribution in [3.63, 3.8) is 0 Å². The van der Waals surface area contributed by atoms with E-state index < -0.39 is 6.04 Å². The van der Waals surface area contributed by atoms with Gasteiger partial charge in [-0.15, -0.1) is 5.53 Å². The highest BCUT2D eigenvalue weighted by atomic mass is 19.1. The number of likely N-dealkylation sites (N-methyl/N-ethyl adjacent to an activating group) is 1. The molecule has 4 N–H and O–H groups in total. The van der Waals surface area contributed by atoms with Crippen LogP contribution in [-0.4, -0.2) is 72.5 Å². The Hall–Kier alpha value is -3.47. The zero-order valence-corrected chi connectivity index (χ0v) is 23.4. The number of halogens is 1. The summed E-state index contributed by atoms with van der Waals surface area (Å²) < 4.78 is 13.2. The maximum atomic E-state index is 13.7. The highest BCUT2D eigenvalue weighted by Gasteiger charge is 2.38. The van der Waals surface area contributed by atoms with E-state index in [4.69, 9.17) is 0 Å². The van der Waals surface area contributed by atoms with Crippen LogP contribution in [0.4, 0.5) is 10.1 Å². The third-order valence-corrected chi connectivity index (χ3v) is 8.34. The highest BCUT2D eigenvalue weighted by molar-refractivity contribution is 5.97. The number of nitrogens with one attached hydrogen (secondary N) is 4. The van der Waals surface area contributed by atoms with Gasteiger partial charge < -0.3 is 21.0 Å². The van der Waals surface area contributed by atoms with E-state index in [-0.39, 0.29) is 29.7 Å². The van der Waals surface area contributed by atoms with E-state index in [0.717, 1.165) is 30.6 Å². The number of rotatable bonds is 10. The smallest absolute Gasteiger partial charge is 0.251 e. The summed E-state index contributed by atoms with van der Waals surface area (Å²) in [4.78, 5) is 31.1. The normalized spacial score (nSPS) is 25.0. The number of amides is 2. The SMILES string of the molecule is C[C@@H]1CN(C(=O)[C@H](CCCN[C@@H]2C[C@H]2c2ccc(F)cc2)NC(=O)c2ccc(N3C=CNN3)cc2)C[C@H](C)N1C. The number of hydrazine groups is 2. The van der Waals surface area contributed by atoms with Gasteiger partial charge in [-0.1, -0.05) is 12.1 Å². The van der Waals surface area contributed by atoms with Crippen LogP contribution >= 0.6 is 0 Å². The zero-order chi connectivity index (χ0) is 28.2. The largest absolute Gasteiger partial charge is 0.340 e. The first-order chi connectivity index (χ1) is 19.3. The summed E-state index contributed by atoms with van der Waals surface area (Å²) in [6, 6.07) is 14.2. The lowest BCUT2D eigenvalue weighted by Crippen LogP contribution is -2.60. The number of benzene rings is 2. The molecule has 40 heavy (non-hydrogen) atoms. The predicted molar refractivity (Wildman–Crippen MR) is 154 cm³/mol. The molecule has 2 fully saturated rings. The summed E-state index contributed by atoms with van der Waals surface area (Å²) in [5.74, 6) is -0.0968. The van der Waals surface area contributed by atoms with Gasteiger partial charge in [-0.2, -0.15) is 0 Å². The molecule has 2 heterocycles. The monoisotopic (exact) mass is 549 g/mol. The van der Waals surface area contributed by atoms with Crippen molar-refractivity contribution in [2.75, 3.05) is 31.7 Å². The van der Waals surface area contributed by atoms with Gasteiger partial charge in [0.2, 0.25) is 5.91 Å². The van der Waals surface area contributed by atoms with Crippen molar-refractivity contribution in [1.82, 2.24) is 31.4 Å². The van der Waals surface area contributed by atoms with Crippen molar-refractivity contribution >= 4 is 17.5 Å². The van der Waals surface area contributed by atoms with Crippen LogP contribution in [0.1, 0.15) is 54.9 Å². The molecule has 2 aromatic carbocycles. The first kappa shape index (κ1) is 28.1. The summed E-state index contributed by atoms with van der Waals surface area (Å²) in [6.45, 7) is 6.29. The maximum Gasteiger partial charge on any atom is 0.251 e. The number of nitrogens with zero attached hydrogens (tertiary/aromatic N) is 3. The Morgan fingerprint density at radius 1 is 1.05 bits per heavy atom. The Morgan fingerprint density at radius 3 is 2.40 bits per heavy atom. The summed E-state index contributed by atoms with van der Waals surface area (Å²) >= 11 is 0. The molecular weight excluding hydrogens is 509 g/mol. The molecule has 0 aromatic heterocycles. The van der Waals surface area contributed by atoms with Gasteiger partial charge in [-0.3, -0.25) is 19.5 Å². The summed E-state index contributed by atoms with van der Waals surface area (Å²) in [6.07, 6.45) is 5.95. The predicted octanol–water partition coefficient (Wildman–Crippen LogP) is 2.70. The molecular formula is C30H40FN7O2. The van der Waals surface area contributed by atoms with E-state index in [0.29, 0.717) is 37.0 Å². The second-order valence-electron chi connectivity index (χ2n) is 11.2. The van der Waals surface area contributed by atoms with Gasteiger partial charge in [0.05, 0.1) is 5.69 Å². The van der Waals surface area contributed by atoms with Gasteiger partial charge in [0, 0.05) is 55.1 Å². The Kier molecular flexibility index (Phi) is 8.68. The van der Waals surface area contributed by atoms with Gasteiger partial charge in [0.1, 0.15) is 11.9 Å². The van der Waals surface area contributed by atoms with Crippen molar-refractivity contribution in [3.8, 4) is 0 Å². The highest BCUT2D eigenvalue weighted by Crippen LogP contribution is 2.40. The minimum Gasteiger partial charge on any atom is -0.340 e. The molecule has 5 rings (SSSR count). The minimum atomic E-state index is -0.601. The molecule has 214 valence electrons. The molecule has 1 aliphatic carbocycles. The summed E-state index contributed by atoms with van der Waals surface area (Å²) in [5, 5.41) is 8.42. The van der Waals surface area contributed by atoms with E-state index in [2.05, 4.69) is 47.4 Å². The van der Waals surface area contributed by atoms with Gasteiger partial charge in [-0.05, 0) is 88.7 Å². The number of hydrogen-bond donors (Lipinski definition) is 4. The van der Waals surface area contributed by atoms with Crippen LogP contribution in [0.25, 0.3) is 0 Å². The van der Waals surface area contributed by atoms with E-state index in [9.17, 15) is 14.0 Å². The first-order valence-corrected chi connectivity index (χ1v) is 14.2. The third-order valence-electron chi connectivity index (χ3n) is 8.34. The number of hydrogen-bond acceptors (Lipinski definition) is 7. The standard InChI is InChI=1S/C30H40FN7O2/c1-20-18-37(19-21(2)36(20)3)30(40)27(5-4-14-32-28-17-26(28)22-6-10-24(31)11-7-22)34-29(39)23-8-12-25(13-9-23)38-16-15-33-35-38/h6-13,15-16,20-21,26-28,32-33,35H,4-5,14,17-19H2,1-3H3,(H,34,39)/t20-,21+,26-,27-,28+/m0/s1. The molecule has 2 amide bonds. The number of carbonyl (C=O) groups excluding carboxylic acids is 2. The topological polar surface area (TPSA) is 92.0 Å². The average molecular weight is 550 g/mol. The maximum absolute atomic E-state index is 13.7. The van der Waals surface area contributed by atoms with Gasteiger partial charge in [0.15, 0.2) is 0 Å². The van der Waals surface area contributed by atoms with Crippen molar-refractivity contribution < 1.29 is 14.0 Å². The summed E-state index contributed by atoms with van der Waals surface area (Å²) in [7, 11) is 2.09. The van der Waals surface area contributed by atoms with Crippen LogP contribution in [0.2, 0.25) is 0 Å². The molecule has 0 radical (unpaired) electrons. The van der Waals surface area contributed by atoms with Crippen LogP contribution < -0.4 is 26.6 Å². The van der Waals surface area contributed by atoms with Gasteiger partial charge in [-0.25, -0.2) is 4.39 Å². The lowest BCUT2D eigenvalue weighted by molar-refractivity contribution is -0.137. The number of piperazine rings is 1. The molecule has 1 saturated heterocycles. The first-order valence-electron chi connectivity index (χ1n) is 14.2. The quantitative estimate of drug-likeness (QED) is 0.339. The van der Waals surface area contributed by atoms with Crippen molar-refractivity contribution in [3.05, 3.63) is 77.9 Å². The molecule has 9 nitrogen and oxygen atoms in total. The van der Waals surface area contributed by atoms with Crippen molar-refractivity contribution in [1.29, 1.82) is 0 Å². The Morgan fingerprint density at radius 2 is 1.75 bits per heavy atom. The van der Waals surface area contributed by atoms with Gasteiger partial charge >= 0.3 is 0 Å².